The fourth-order valence-corrected chi connectivity index (χ4v) is 3.04. The summed E-state index contributed by atoms with van der Waals surface area (Å²) in [6.45, 7) is 2.90. The molecule has 0 saturated heterocycles. The van der Waals surface area contributed by atoms with E-state index in [0.29, 0.717) is 0 Å². The first-order valence-corrected chi connectivity index (χ1v) is 6.49. The van der Waals surface area contributed by atoms with E-state index in [4.69, 9.17) is 0 Å². The molecular formula is C8H8BrN3S2. The molecule has 2 aromatic heterocycles. The molecule has 3 nitrogen and oxygen atoms in total. The van der Waals surface area contributed by atoms with Crippen LogP contribution in [0, 0.1) is 6.92 Å². The first-order valence-electron chi connectivity index (χ1n) is 4.00. The lowest BCUT2D eigenvalue weighted by atomic mass is 10.3. The zero-order valence-electron chi connectivity index (χ0n) is 7.45. The second-order valence-electron chi connectivity index (χ2n) is 2.77. The third-order valence-corrected chi connectivity index (χ3v) is 4.47. The van der Waals surface area contributed by atoms with Crippen LogP contribution in [-0.4, -0.2) is 10.2 Å². The van der Waals surface area contributed by atoms with E-state index in [2.05, 4.69) is 44.4 Å². The van der Waals surface area contributed by atoms with E-state index >= 15 is 0 Å². The first-order chi connectivity index (χ1) is 6.75. The molecule has 0 radical (unpaired) electrons. The van der Waals surface area contributed by atoms with Gasteiger partial charge >= 0.3 is 0 Å². The van der Waals surface area contributed by atoms with Gasteiger partial charge in [-0.15, -0.1) is 21.5 Å². The van der Waals surface area contributed by atoms with Crippen molar-refractivity contribution in [2.45, 2.75) is 13.5 Å². The summed E-state index contributed by atoms with van der Waals surface area (Å²) < 4.78 is 1.20. The number of halogens is 1. The molecule has 74 valence electrons. The van der Waals surface area contributed by atoms with Gasteiger partial charge in [0.2, 0.25) is 5.13 Å². The quantitative estimate of drug-likeness (QED) is 0.942. The molecule has 0 aromatic carbocycles. The maximum Gasteiger partial charge on any atom is 0.205 e. The lowest BCUT2D eigenvalue weighted by Gasteiger charge is -1.97. The van der Waals surface area contributed by atoms with E-state index in [1.807, 2.05) is 0 Å². The summed E-state index contributed by atoms with van der Waals surface area (Å²) in [5.41, 5.74) is 3.00. The van der Waals surface area contributed by atoms with Crippen molar-refractivity contribution in [1.29, 1.82) is 0 Å². The Labute approximate surface area is 98.3 Å². The van der Waals surface area contributed by atoms with Crippen LogP contribution in [0.15, 0.2) is 15.4 Å². The zero-order valence-corrected chi connectivity index (χ0v) is 10.7. The molecule has 14 heavy (non-hydrogen) atoms. The van der Waals surface area contributed by atoms with Crippen LogP contribution in [0.3, 0.4) is 0 Å². The van der Waals surface area contributed by atoms with Crippen LogP contribution in [0.4, 0.5) is 5.13 Å². The zero-order chi connectivity index (χ0) is 9.97. The van der Waals surface area contributed by atoms with Crippen LogP contribution >= 0.6 is 38.6 Å². The number of hydrogen-bond donors (Lipinski definition) is 1. The highest BCUT2D eigenvalue weighted by Gasteiger charge is 2.03. The average molecular weight is 290 g/mol. The van der Waals surface area contributed by atoms with Crippen LogP contribution in [0.2, 0.25) is 0 Å². The minimum absolute atomic E-state index is 0.812. The van der Waals surface area contributed by atoms with Crippen molar-refractivity contribution in [3.8, 4) is 0 Å². The largest absolute Gasteiger partial charge is 0.355 e. The predicted octanol–water partition coefficient (Wildman–Crippen LogP) is 3.28. The smallest absolute Gasteiger partial charge is 0.205 e. The molecule has 2 rings (SSSR count). The summed E-state index contributed by atoms with van der Waals surface area (Å²) in [6.07, 6.45) is 0. The number of aromatic nitrogens is 2. The highest BCUT2D eigenvalue weighted by Crippen LogP contribution is 2.27. The standard InChI is InChI=1S/C8H8BrN3S2/c1-5-2-6(14-7(5)9)3-10-8-12-11-4-13-8/h2,4H,3H2,1H3,(H,10,12). The summed E-state index contributed by atoms with van der Waals surface area (Å²) in [7, 11) is 0. The van der Waals surface area contributed by atoms with E-state index in [0.717, 1.165) is 11.7 Å². The molecule has 2 heterocycles. The molecule has 0 saturated carbocycles. The minimum atomic E-state index is 0.812. The number of nitrogens with zero attached hydrogens (tertiary/aromatic N) is 2. The van der Waals surface area contributed by atoms with Crippen molar-refractivity contribution in [3.05, 3.63) is 25.8 Å². The van der Waals surface area contributed by atoms with Gasteiger partial charge in [0.25, 0.3) is 0 Å². The summed E-state index contributed by atoms with van der Waals surface area (Å²) in [4.78, 5) is 1.30. The van der Waals surface area contributed by atoms with Crippen molar-refractivity contribution >= 4 is 43.7 Å². The van der Waals surface area contributed by atoms with Gasteiger partial charge in [0.15, 0.2) is 0 Å². The SMILES string of the molecule is Cc1cc(CNc2nncs2)sc1Br. The molecule has 0 fully saturated rings. The summed E-state index contributed by atoms with van der Waals surface area (Å²) in [5, 5.41) is 11.8. The van der Waals surface area contributed by atoms with E-state index in [-0.39, 0.29) is 0 Å². The van der Waals surface area contributed by atoms with Crippen molar-refractivity contribution in [3.63, 3.8) is 0 Å². The van der Waals surface area contributed by atoms with Gasteiger partial charge in [-0.2, -0.15) is 0 Å². The third kappa shape index (κ3) is 2.31. The van der Waals surface area contributed by atoms with Crippen LogP contribution in [0.25, 0.3) is 0 Å². The van der Waals surface area contributed by atoms with Gasteiger partial charge in [-0.1, -0.05) is 11.3 Å². The normalized spacial score (nSPS) is 10.4. The van der Waals surface area contributed by atoms with Gasteiger partial charge in [0, 0.05) is 4.88 Å². The van der Waals surface area contributed by atoms with Gasteiger partial charge in [0.1, 0.15) is 5.51 Å². The van der Waals surface area contributed by atoms with Gasteiger partial charge in [-0.25, -0.2) is 0 Å². The van der Waals surface area contributed by atoms with E-state index in [9.17, 15) is 0 Å². The number of aryl methyl sites for hydroxylation is 1. The molecule has 1 N–H and O–H groups in total. The van der Waals surface area contributed by atoms with Crippen LogP contribution < -0.4 is 5.32 Å². The molecule has 0 aliphatic heterocycles. The van der Waals surface area contributed by atoms with E-state index in [1.165, 1.54) is 25.6 Å². The Balaban J connectivity index is 1.98. The van der Waals surface area contributed by atoms with Crippen molar-refractivity contribution in [2.24, 2.45) is 0 Å². The number of hydrogen-bond acceptors (Lipinski definition) is 5. The molecule has 0 aliphatic rings. The molecular weight excluding hydrogens is 282 g/mol. The fraction of sp³-hybridized carbons (Fsp3) is 0.250. The number of thiophene rings is 1. The molecule has 0 unspecified atom stereocenters. The molecule has 6 heteroatoms. The van der Waals surface area contributed by atoms with Crippen molar-refractivity contribution < 1.29 is 0 Å². The fourth-order valence-electron chi connectivity index (χ4n) is 1.02. The molecule has 2 aromatic rings. The topological polar surface area (TPSA) is 37.8 Å². The Bertz CT molecular complexity index is 391. The lowest BCUT2D eigenvalue weighted by molar-refractivity contribution is 1.06. The first kappa shape index (κ1) is 10.1. The Hall–Kier alpha value is -0.460. The maximum absolute atomic E-state index is 3.91. The van der Waals surface area contributed by atoms with Crippen LogP contribution in [0.1, 0.15) is 10.4 Å². The number of anilines is 1. The molecule has 0 atom stereocenters. The van der Waals surface area contributed by atoms with E-state index in [1.54, 1.807) is 16.8 Å². The molecule has 0 spiro atoms. The summed E-state index contributed by atoms with van der Waals surface area (Å²) in [5.74, 6) is 0. The Morgan fingerprint density at radius 3 is 3.00 bits per heavy atom. The Morgan fingerprint density at radius 2 is 2.43 bits per heavy atom. The van der Waals surface area contributed by atoms with Gasteiger partial charge in [-0.3, -0.25) is 0 Å². The van der Waals surface area contributed by atoms with Gasteiger partial charge in [-0.05, 0) is 34.5 Å². The highest BCUT2D eigenvalue weighted by molar-refractivity contribution is 9.11. The van der Waals surface area contributed by atoms with E-state index < -0.39 is 0 Å². The molecule has 0 bridgehead atoms. The second kappa shape index (κ2) is 4.37. The number of rotatable bonds is 3. The molecule has 0 amide bonds. The highest BCUT2D eigenvalue weighted by atomic mass is 79.9. The Kier molecular flexibility index (Phi) is 3.15. The summed E-state index contributed by atoms with van der Waals surface area (Å²) >= 11 is 6.76. The average Bonchev–Trinajstić information content (AvgIpc) is 2.74. The summed E-state index contributed by atoms with van der Waals surface area (Å²) in [6, 6.07) is 2.17. The van der Waals surface area contributed by atoms with Crippen molar-refractivity contribution in [2.75, 3.05) is 5.32 Å². The van der Waals surface area contributed by atoms with Gasteiger partial charge < -0.3 is 5.32 Å². The van der Waals surface area contributed by atoms with Gasteiger partial charge in [0.05, 0.1) is 10.3 Å². The minimum Gasteiger partial charge on any atom is -0.355 e. The lowest BCUT2D eigenvalue weighted by Crippen LogP contribution is -1.96. The Morgan fingerprint density at radius 1 is 1.57 bits per heavy atom. The predicted molar refractivity (Wildman–Crippen MR) is 64.0 cm³/mol. The van der Waals surface area contributed by atoms with Crippen molar-refractivity contribution in [1.82, 2.24) is 10.2 Å². The third-order valence-electron chi connectivity index (χ3n) is 1.68. The number of nitrogens with one attached hydrogen (secondary N) is 1. The molecule has 0 aliphatic carbocycles. The second-order valence-corrected chi connectivity index (χ2v) is 6.05. The maximum atomic E-state index is 3.91. The van der Waals surface area contributed by atoms with Crippen LogP contribution in [0.5, 0.6) is 0 Å². The van der Waals surface area contributed by atoms with Crippen LogP contribution in [-0.2, 0) is 6.54 Å². The monoisotopic (exact) mass is 289 g/mol.